The van der Waals surface area contributed by atoms with Gasteiger partial charge in [-0.1, -0.05) is 12.1 Å². The average Bonchev–Trinajstić information content (AvgIpc) is 2.71. The molecule has 1 heterocycles. The van der Waals surface area contributed by atoms with Crippen LogP contribution in [0.25, 0.3) is 0 Å². The van der Waals surface area contributed by atoms with Crippen LogP contribution in [0, 0.1) is 5.92 Å². The zero-order valence-corrected chi connectivity index (χ0v) is 8.81. The summed E-state index contributed by atoms with van der Waals surface area (Å²) in [4.78, 5) is 0. The van der Waals surface area contributed by atoms with E-state index in [1.165, 1.54) is 0 Å². The van der Waals surface area contributed by atoms with Gasteiger partial charge in [0.15, 0.2) is 0 Å². The van der Waals surface area contributed by atoms with Crippen LogP contribution in [0.4, 0.5) is 0 Å². The second kappa shape index (κ2) is 3.83. The first-order chi connectivity index (χ1) is 7.10. The van der Waals surface area contributed by atoms with E-state index in [2.05, 4.69) is 0 Å². The van der Waals surface area contributed by atoms with Gasteiger partial charge in [-0.05, 0) is 31.0 Å². The predicted molar refractivity (Wildman–Crippen MR) is 56.6 cm³/mol. The number of phenols is 1. The molecule has 0 spiro atoms. The van der Waals surface area contributed by atoms with E-state index in [1.807, 2.05) is 0 Å². The molecule has 2 atom stereocenters. The van der Waals surface area contributed by atoms with Gasteiger partial charge in [-0.3, -0.25) is 0 Å². The number of aromatic hydroxyl groups is 1. The molecule has 1 saturated heterocycles. The molecule has 1 aromatic carbocycles. The molecule has 0 radical (unpaired) electrons. The van der Waals surface area contributed by atoms with Crippen molar-refractivity contribution in [2.45, 2.75) is 18.9 Å². The van der Waals surface area contributed by atoms with Gasteiger partial charge in [-0.2, -0.15) is 0 Å². The average molecular weight is 208 g/mol. The smallest absolute Gasteiger partial charge is 0.115 e. The number of ether oxygens (including phenoxy) is 1. The van der Waals surface area contributed by atoms with Gasteiger partial charge in [0.05, 0.1) is 12.2 Å². The van der Waals surface area contributed by atoms with Crippen molar-refractivity contribution in [3.8, 4) is 5.75 Å². The first-order valence-electron chi connectivity index (χ1n) is 5.20. The highest BCUT2D eigenvalue weighted by atomic mass is 16.5. The molecule has 0 aliphatic carbocycles. The van der Waals surface area contributed by atoms with Crippen LogP contribution >= 0.6 is 0 Å². The molecule has 2 rings (SSSR count). The first-order valence-corrected chi connectivity index (χ1v) is 5.20. The Morgan fingerprint density at radius 1 is 1.33 bits per heavy atom. The van der Waals surface area contributed by atoms with E-state index >= 15 is 0 Å². The molecule has 0 saturated carbocycles. The number of aliphatic hydroxyl groups is 1. The van der Waals surface area contributed by atoms with Crippen molar-refractivity contribution >= 4 is 0 Å². The number of hydrogen-bond acceptors (Lipinski definition) is 3. The lowest BCUT2D eigenvalue weighted by Crippen LogP contribution is -2.32. The molecule has 0 bridgehead atoms. The number of hydrogen-bond donors (Lipinski definition) is 2. The van der Waals surface area contributed by atoms with Gasteiger partial charge in [0.25, 0.3) is 0 Å². The molecule has 82 valence electrons. The maximum atomic E-state index is 10.4. The topological polar surface area (TPSA) is 49.7 Å². The highest BCUT2D eigenvalue weighted by Crippen LogP contribution is 2.35. The van der Waals surface area contributed by atoms with Gasteiger partial charge in [0.1, 0.15) is 5.75 Å². The summed E-state index contributed by atoms with van der Waals surface area (Å²) >= 11 is 0. The van der Waals surface area contributed by atoms with Gasteiger partial charge >= 0.3 is 0 Å². The highest BCUT2D eigenvalue weighted by molar-refractivity contribution is 5.30. The number of rotatable bonds is 2. The molecule has 0 aromatic heterocycles. The van der Waals surface area contributed by atoms with E-state index in [1.54, 1.807) is 31.2 Å². The molecular formula is C12H16O3. The van der Waals surface area contributed by atoms with E-state index in [-0.39, 0.29) is 11.7 Å². The second-order valence-electron chi connectivity index (χ2n) is 4.25. The standard InChI is InChI=1S/C12H16O3/c1-12(14,10-6-7-15-8-10)9-2-4-11(13)5-3-9/h2-5,10,13-14H,6-8H2,1H3. The zero-order chi connectivity index (χ0) is 10.9. The van der Waals surface area contributed by atoms with Crippen molar-refractivity contribution < 1.29 is 14.9 Å². The largest absolute Gasteiger partial charge is 0.508 e. The van der Waals surface area contributed by atoms with E-state index < -0.39 is 5.60 Å². The lowest BCUT2D eigenvalue weighted by molar-refractivity contribution is -0.00973. The minimum absolute atomic E-state index is 0.141. The third-order valence-corrected chi connectivity index (χ3v) is 3.18. The molecule has 1 fully saturated rings. The van der Waals surface area contributed by atoms with Crippen LogP contribution in [0.1, 0.15) is 18.9 Å². The normalized spacial score (nSPS) is 25.1. The van der Waals surface area contributed by atoms with Gasteiger partial charge in [-0.25, -0.2) is 0 Å². The zero-order valence-electron chi connectivity index (χ0n) is 8.81. The third kappa shape index (κ3) is 1.98. The van der Waals surface area contributed by atoms with Crippen molar-refractivity contribution in [2.24, 2.45) is 5.92 Å². The Morgan fingerprint density at radius 2 is 2.00 bits per heavy atom. The summed E-state index contributed by atoms with van der Waals surface area (Å²) in [5.41, 5.74) is -0.0414. The monoisotopic (exact) mass is 208 g/mol. The fourth-order valence-corrected chi connectivity index (χ4v) is 2.01. The molecule has 1 aliphatic rings. The summed E-state index contributed by atoms with van der Waals surface area (Å²) in [5, 5.41) is 19.6. The van der Waals surface area contributed by atoms with Gasteiger partial charge in [0.2, 0.25) is 0 Å². The first kappa shape index (κ1) is 10.5. The lowest BCUT2D eigenvalue weighted by Gasteiger charge is -2.29. The summed E-state index contributed by atoms with van der Waals surface area (Å²) in [6.45, 7) is 3.13. The Labute approximate surface area is 89.3 Å². The van der Waals surface area contributed by atoms with Crippen molar-refractivity contribution in [1.29, 1.82) is 0 Å². The summed E-state index contributed by atoms with van der Waals surface area (Å²) in [7, 11) is 0. The summed E-state index contributed by atoms with van der Waals surface area (Å²) in [5.74, 6) is 0.360. The van der Waals surface area contributed by atoms with Crippen LogP contribution in [0.3, 0.4) is 0 Å². The van der Waals surface area contributed by atoms with E-state index in [0.717, 1.165) is 18.6 Å². The maximum Gasteiger partial charge on any atom is 0.115 e. The number of benzene rings is 1. The summed E-state index contributed by atoms with van der Waals surface area (Å²) in [6, 6.07) is 6.71. The van der Waals surface area contributed by atoms with Crippen molar-refractivity contribution in [1.82, 2.24) is 0 Å². The molecule has 3 nitrogen and oxygen atoms in total. The molecular weight excluding hydrogens is 192 g/mol. The maximum absolute atomic E-state index is 10.4. The Kier molecular flexibility index (Phi) is 2.67. The van der Waals surface area contributed by atoms with Crippen molar-refractivity contribution in [3.05, 3.63) is 29.8 Å². The Morgan fingerprint density at radius 3 is 2.53 bits per heavy atom. The number of phenolic OH excluding ortho intramolecular Hbond substituents is 1. The van der Waals surface area contributed by atoms with Gasteiger partial charge in [0, 0.05) is 12.5 Å². The van der Waals surface area contributed by atoms with Gasteiger partial charge < -0.3 is 14.9 Å². The molecule has 0 amide bonds. The molecule has 1 aromatic rings. The van der Waals surface area contributed by atoms with Crippen molar-refractivity contribution in [3.63, 3.8) is 0 Å². The van der Waals surface area contributed by atoms with E-state index in [0.29, 0.717) is 6.61 Å². The minimum Gasteiger partial charge on any atom is -0.508 e. The fourth-order valence-electron chi connectivity index (χ4n) is 2.01. The van der Waals surface area contributed by atoms with E-state index in [4.69, 9.17) is 4.74 Å². The molecule has 2 unspecified atom stereocenters. The van der Waals surface area contributed by atoms with E-state index in [9.17, 15) is 10.2 Å². The Bertz CT molecular complexity index is 323. The van der Waals surface area contributed by atoms with Crippen molar-refractivity contribution in [2.75, 3.05) is 13.2 Å². The highest BCUT2D eigenvalue weighted by Gasteiger charge is 2.36. The molecule has 2 N–H and O–H groups in total. The summed E-state index contributed by atoms with van der Waals surface area (Å²) in [6.07, 6.45) is 0.883. The SMILES string of the molecule is CC(O)(c1ccc(O)cc1)C1CCOC1. The molecule has 1 aliphatic heterocycles. The Balaban J connectivity index is 2.23. The fraction of sp³-hybridized carbons (Fsp3) is 0.500. The second-order valence-corrected chi connectivity index (χ2v) is 4.25. The van der Waals surface area contributed by atoms with Crippen LogP contribution in [0.15, 0.2) is 24.3 Å². The molecule has 15 heavy (non-hydrogen) atoms. The minimum atomic E-state index is -0.871. The quantitative estimate of drug-likeness (QED) is 0.776. The lowest BCUT2D eigenvalue weighted by atomic mass is 9.82. The van der Waals surface area contributed by atoms with Crippen LogP contribution in [-0.2, 0) is 10.3 Å². The van der Waals surface area contributed by atoms with Crippen LogP contribution in [-0.4, -0.2) is 23.4 Å². The Hall–Kier alpha value is -1.06. The van der Waals surface area contributed by atoms with Crippen LogP contribution in [0.2, 0.25) is 0 Å². The van der Waals surface area contributed by atoms with Gasteiger partial charge in [-0.15, -0.1) is 0 Å². The third-order valence-electron chi connectivity index (χ3n) is 3.18. The summed E-state index contributed by atoms with van der Waals surface area (Å²) < 4.78 is 5.28. The van der Waals surface area contributed by atoms with Crippen LogP contribution in [0.5, 0.6) is 5.75 Å². The molecule has 3 heteroatoms. The predicted octanol–water partition coefficient (Wildman–Crippen LogP) is 1.64. The van der Waals surface area contributed by atoms with Crippen LogP contribution < -0.4 is 0 Å².